The average molecular weight is 693 g/mol. The van der Waals surface area contributed by atoms with E-state index in [4.69, 9.17) is 0 Å². The summed E-state index contributed by atoms with van der Waals surface area (Å²) in [6.45, 7) is 4.63. The second kappa shape index (κ2) is 11.9. The Bertz CT molecular complexity index is 2600. The van der Waals surface area contributed by atoms with Gasteiger partial charge in [0, 0.05) is 0 Å². The Morgan fingerprint density at radius 3 is 1.76 bits per heavy atom. The molecule has 0 aliphatic rings. The Morgan fingerprint density at radius 2 is 1.02 bits per heavy atom. The first kappa shape index (κ1) is 29.7. The number of hydrogen-bond donors (Lipinski definition) is 0. The van der Waals surface area contributed by atoms with E-state index in [0.29, 0.717) is 0 Å². The van der Waals surface area contributed by atoms with Crippen LogP contribution in [0.15, 0.2) is 176 Å². The van der Waals surface area contributed by atoms with Gasteiger partial charge in [0.25, 0.3) is 0 Å². The van der Waals surface area contributed by atoms with Gasteiger partial charge < -0.3 is 0 Å². The maximum atomic E-state index is 2.47. The first-order valence-corrected chi connectivity index (χ1v) is 18.6. The van der Waals surface area contributed by atoms with Crippen LogP contribution in [-0.4, -0.2) is 14.5 Å². The fourth-order valence-corrected chi connectivity index (χ4v) is 10.1. The summed E-state index contributed by atoms with van der Waals surface area (Å²) in [7, 11) is 0. The molecule has 49 heavy (non-hydrogen) atoms. The molecule has 9 rings (SSSR count). The first-order valence-electron chi connectivity index (χ1n) is 16.9. The summed E-state index contributed by atoms with van der Waals surface area (Å²) >= 11 is 0.236. The fourth-order valence-electron chi connectivity index (χ4n) is 7.43. The Kier molecular flexibility index (Phi) is 7.24. The van der Waals surface area contributed by atoms with E-state index < -0.39 is 0 Å². The Morgan fingerprint density at radius 1 is 0.449 bits per heavy atom. The normalized spacial score (nSPS) is 11.9. The van der Waals surface area contributed by atoms with Gasteiger partial charge in [0.15, 0.2) is 0 Å². The zero-order chi connectivity index (χ0) is 33.0. The van der Waals surface area contributed by atoms with Gasteiger partial charge >= 0.3 is 270 Å². The van der Waals surface area contributed by atoms with Crippen LogP contribution in [0.3, 0.4) is 0 Å². The number of fused-ring (bicyclic) bond motifs is 7. The van der Waals surface area contributed by atoms with Gasteiger partial charge in [-0.2, -0.15) is 0 Å². The van der Waals surface area contributed by atoms with E-state index in [0.717, 1.165) is 11.4 Å². The molecule has 0 atom stereocenters. The second-order valence-corrected chi connectivity index (χ2v) is 15.6. The molecule has 234 valence electrons. The summed E-state index contributed by atoms with van der Waals surface area (Å²) in [5, 5.41) is 8.01. The number of rotatable bonds is 6. The van der Waals surface area contributed by atoms with Crippen LogP contribution in [0.2, 0.25) is 0 Å². The topological polar surface area (TPSA) is 3.24 Å². The minimum atomic E-state index is -0.118. The molecule has 0 amide bonds. The quantitative estimate of drug-likeness (QED) is 0.124. The molecule has 1 heterocycles. The van der Waals surface area contributed by atoms with E-state index in [2.05, 4.69) is 195 Å². The fraction of sp³-hybridized carbons (Fsp3) is 0.0638. The Labute approximate surface area is 293 Å². The van der Waals surface area contributed by atoms with Gasteiger partial charge in [0.2, 0.25) is 0 Å². The van der Waals surface area contributed by atoms with Crippen LogP contribution in [0.4, 0.5) is 17.1 Å². The molecular weight excluding hydrogens is 657 g/mol. The van der Waals surface area contributed by atoms with E-state index >= 15 is 0 Å². The molecule has 0 aliphatic carbocycles. The Hall–Kier alpha value is -5.40. The molecule has 0 aliphatic heterocycles. The van der Waals surface area contributed by atoms with Crippen LogP contribution in [0.1, 0.15) is 25.0 Å². The number of anilines is 3. The van der Waals surface area contributed by atoms with Crippen molar-refractivity contribution in [1.29, 1.82) is 0 Å². The zero-order valence-electron chi connectivity index (χ0n) is 27.6. The molecule has 1 nitrogen and oxygen atoms in total. The molecule has 0 saturated heterocycles. The summed E-state index contributed by atoms with van der Waals surface area (Å²) in [6, 6.07) is 64.8. The second-order valence-electron chi connectivity index (χ2n) is 13.4. The third-order valence-corrected chi connectivity index (χ3v) is 12.7. The van der Waals surface area contributed by atoms with Crippen molar-refractivity contribution in [2.75, 3.05) is 4.90 Å². The van der Waals surface area contributed by atoms with E-state index in [-0.39, 0.29) is 19.9 Å². The molecule has 2 heteroatoms. The molecule has 0 radical (unpaired) electrons. The van der Waals surface area contributed by atoms with Gasteiger partial charge in [-0.1, -0.05) is 24.3 Å². The van der Waals surface area contributed by atoms with E-state index in [1.54, 1.807) is 0 Å². The van der Waals surface area contributed by atoms with Crippen LogP contribution in [0, 0.1) is 0 Å². The number of nitrogens with zero attached hydrogens (tertiary/aromatic N) is 1. The molecule has 0 spiro atoms. The Balaban J connectivity index is 1.30. The van der Waals surface area contributed by atoms with Crippen molar-refractivity contribution in [3.63, 3.8) is 0 Å². The van der Waals surface area contributed by atoms with Crippen LogP contribution >= 0.6 is 0 Å². The molecular formula is C47H35NSe. The van der Waals surface area contributed by atoms with Gasteiger partial charge in [-0.15, -0.1) is 0 Å². The van der Waals surface area contributed by atoms with E-state index in [1.807, 2.05) is 0 Å². The molecule has 0 bridgehead atoms. The molecule has 9 aromatic rings. The monoisotopic (exact) mass is 693 g/mol. The van der Waals surface area contributed by atoms with Crippen molar-refractivity contribution < 1.29 is 0 Å². The number of hydrogen-bond acceptors (Lipinski definition) is 1. The van der Waals surface area contributed by atoms with Gasteiger partial charge in [-0.05, 0) is 0 Å². The van der Waals surface area contributed by atoms with Crippen LogP contribution in [-0.2, 0) is 5.41 Å². The molecule has 8 aromatic carbocycles. The molecule has 0 unspecified atom stereocenters. The summed E-state index contributed by atoms with van der Waals surface area (Å²) < 4.78 is 2.95. The van der Waals surface area contributed by atoms with Crippen molar-refractivity contribution in [3.05, 3.63) is 187 Å². The molecule has 0 saturated carbocycles. The van der Waals surface area contributed by atoms with E-state index in [1.165, 1.54) is 68.8 Å². The molecule has 0 N–H and O–H groups in total. The van der Waals surface area contributed by atoms with Gasteiger partial charge in [0.1, 0.15) is 0 Å². The van der Waals surface area contributed by atoms with Crippen molar-refractivity contribution >= 4 is 72.4 Å². The average Bonchev–Trinajstić information content (AvgIpc) is 3.54. The molecule has 1 aromatic heterocycles. The minimum absolute atomic E-state index is 0.118. The van der Waals surface area contributed by atoms with Crippen molar-refractivity contribution in [2.24, 2.45) is 0 Å². The van der Waals surface area contributed by atoms with E-state index in [9.17, 15) is 0 Å². The first-order chi connectivity index (χ1) is 24.1. The zero-order valence-corrected chi connectivity index (χ0v) is 29.3. The molecule has 0 fully saturated rings. The predicted molar refractivity (Wildman–Crippen MR) is 212 cm³/mol. The van der Waals surface area contributed by atoms with Crippen molar-refractivity contribution in [3.8, 4) is 11.1 Å². The maximum absolute atomic E-state index is 2.47. The van der Waals surface area contributed by atoms with Crippen LogP contribution in [0.5, 0.6) is 0 Å². The summed E-state index contributed by atoms with van der Waals surface area (Å²) in [6.07, 6.45) is 0. The predicted octanol–water partition coefficient (Wildman–Crippen LogP) is 12.8. The summed E-state index contributed by atoms with van der Waals surface area (Å²) in [5.74, 6) is 0. The summed E-state index contributed by atoms with van der Waals surface area (Å²) in [5.41, 5.74) is 8.41. The van der Waals surface area contributed by atoms with Gasteiger partial charge in [0.05, 0.1) is 0 Å². The SMILES string of the molecule is CC(C)(c1ccccc1)c1ccc(N(c2ccc(-c3ccccc3)cc2)c2cc3c4ccccc4[se]c3c3c2ccc2ccccc23)cc1. The van der Waals surface area contributed by atoms with Gasteiger partial charge in [-0.3, -0.25) is 0 Å². The van der Waals surface area contributed by atoms with Gasteiger partial charge in [-0.25, -0.2) is 0 Å². The summed E-state index contributed by atoms with van der Waals surface area (Å²) in [4.78, 5) is 2.47. The number of benzene rings is 8. The van der Waals surface area contributed by atoms with Crippen molar-refractivity contribution in [1.82, 2.24) is 0 Å². The van der Waals surface area contributed by atoms with Crippen LogP contribution in [0.25, 0.3) is 52.0 Å². The van der Waals surface area contributed by atoms with Crippen LogP contribution < -0.4 is 4.90 Å². The third kappa shape index (κ3) is 5.08. The third-order valence-electron chi connectivity index (χ3n) is 10.2. The standard InChI is InChI=1S/C47H35NSe/c1-47(2,35-16-7-4-8-17-35)36-24-28-38(29-25-36)48(37-26-21-33(22-27-37)32-13-5-3-6-14-32)43-31-42-40-19-11-12-20-44(40)49-46(42)45-39-18-10-9-15-34(39)23-30-41(43)45/h3-31H,1-2H3. The van der Waals surface area contributed by atoms with Crippen molar-refractivity contribution in [2.45, 2.75) is 19.3 Å².